The fourth-order valence-corrected chi connectivity index (χ4v) is 2.73. The Labute approximate surface area is 161 Å². The first kappa shape index (κ1) is 20.5. The summed E-state index contributed by atoms with van der Waals surface area (Å²) in [4.78, 5) is 23.8. The van der Waals surface area contributed by atoms with Crippen molar-refractivity contribution in [2.24, 2.45) is 0 Å². The summed E-state index contributed by atoms with van der Waals surface area (Å²) in [6, 6.07) is 13.3. The van der Waals surface area contributed by atoms with Crippen molar-refractivity contribution >= 4 is 11.8 Å². The molecule has 0 saturated heterocycles. The molecule has 0 aliphatic heterocycles. The number of hydrogen-bond donors (Lipinski definition) is 2. The molecule has 2 amide bonds. The molecular formula is C22H28N2O3. The van der Waals surface area contributed by atoms with Crippen LogP contribution in [-0.2, 0) is 17.8 Å². The first-order valence-electron chi connectivity index (χ1n) is 9.33. The van der Waals surface area contributed by atoms with Gasteiger partial charge in [-0.15, -0.1) is 0 Å². The Morgan fingerprint density at radius 3 is 2.63 bits per heavy atom. The summed E-state index contributed by atoms with van der Waals surface area (Å²) in [5.74, 6) is 0.731. The number of hydrogen-bond acceptors (Lipinski definition) is 3. The fourth-order valence-electron chi connectivity index (χ4n) is 2.73. The van der Waals surface area contributed by atoms with Gasteiger partial charge in [0.2, 0.25) is 5.91 Å². The molecule has 2 rings (SSSR count). The minimum Gasteiger partial charge on any atom is -0.494 e. The maximum absolute atomic E-state index is 12.2. The first-order chi connectivity index (χ1) is 13.0. The lowest BCUT2D eigenvalue weighted by molar-refractivity contribution is -0.121. The average Bonchev–Trinajstić information content (AvgIpc) is 2.69. The van der Waals surface area contributed by atoms with Crippen LogP contribution in [0.3, 0.4) is 0 Å². The van der Waals surface area contributed by atoms with E-state index < -0.39 is 0 Å². The molecule has 144 valence electrons. The molecule has 2 aromatic rings. The van der Waals surface area contributed by atoms with E-state index in [0.717, 1.165) is 28.9 Å². The monoisotopic (exact) mass is 368 g/mol. The minimum atomic E-state index is -0.122. The normalized spacial score (nSPS) is 10.3. The minimum absolute atomic E-state index is 0.00828. The van der Waals surface area contributed by atoms with Gasteiger partial charge in [0, 0.05) is 25.6 Å². The Kier molecular flexibility index (Phi) is 7.86. The number of carbonyl (C=O) groups is 2. The number of ether oxygens (including phenoxy) is 1. The SMILES string of the molecule is CCCOc1ccc(CNC(=O)CCc2cccc(C(=O)NC)c2)c(C)c1. The van der Waals surface area contributed by atoms with Gasteiger partial charge >= 0.3 is 0 Å². The van der Waals surface area contributed by atoms with Crippen molar-refractivity contribution in [1.82, 2.24) is 10.6 Å². The zero-order valence-electron chi connectivity index (χ0n) is 16.3. The number of rotatable bonds is 9. The highest BCUT2D eigenvalue weighted by atomic mass is 16.5. The van der Waals surface area contributed by atoms with E-state index in [4.69, 9.17) is 4.74 Å². The second kappa shape index (κ2) is 10.4. The summed E-state index contributed by atoms with van der Waals surface area (Å²) in [7, 11) is 1.60. The Morgan fingerprint density at radius 2 is 1.93 bits per heavy atom. The number of aryl methyl sites for hydroxylation is 2. The van der Waals surface area contributed by atoms with E-state index in [1.165, 1.54) is 0 Å². The van der Waals surface area contributed by atoms with Gasteiger partial charge in [-0.2, -0.15) is 0 Å². The van der Waals surface area contributed by atoms with E-state index in [2.05, 4.69) is 17.6 Å². The molecule has 2 N–H and O–H groups in total. The average molecular weight is 368 g/mol. The van der Waals surface area contributed by atoms with E-state index in [1.54, 1.807) is 13.1 Å². The number of carbonyl (C=O) groups excluding carboxylic acids is 2. The van der Waals surface area contributed by atoms with Crippen molar-refractivity contribution in [2.75, 3.05) is 13.7 Å². The van der Waals surface area contributed by atoms with Gasteiger partial charge in [0.25, 0.3) is 5.91 Å². The molecule has 0 spiro atoms. The van der Waals surface area contributed by atoms with E-state index in [9.17, 15) is 9.59 Å². The van der Waals surface area contributed by atoms with E-state index in [1.807, 2.05) is 43.3 Å². The van der Waals surface area contributed by atoms with Crippen LogP contribution < -0.4 is 15.4 Å². The predicted molar refractivity (Wildman–Crippen MR) is 107 cm³/mol. The smallest absolute Gasteiger partial charge is 0.251 e. The lowest BCUT2D eigenvalue weighted by Gasteiger charge is -2.11. The van der Waals surface area contributed by atoms with E-state index in [-0.39, 0.29) is 11.8 Å². The molecule has 0 aliphatic carbocycles. The lowest BCUT2D eigenvalue weighted by atomic mass is 10.1. The summed E-state index contributed by atoms with van der Waals surface area (Å²) in [6.45, 7) is 5.30. The zero-order valence-corrected chi connectivity index (χ0v) is 16.3. The number of benzene rings is 2. The number of nitrogens with one attached hydrogen (secondary N) is 2. The molecule has 0 radical (unpaired) electrons. The van der Waals surface area contributed by atoms with Gasteiger partial charge in [-0.05, 0) is 60.7 Å². The highest BCUT2D eigenvalue weighted by Crippen LogP contribution is 2.17. The molecule has 0 bridgehead atoms. The standard InChI is InChI=1S/C22H28N2O3/c1-4-12-27-20-10-9-19(16(2)13-20)15-24-21(25)11-8-17-6-5-7-18(14-17)22(26)23-3/h5-7,9-10,13-14H,4,8,11-12,15H2,1-3H3,(H,23,26)(H,24,25). The Balaban J connectivity index is 1.83. The van der Waals surface area contributed by atoms with Gasteiger partial charge in [0.1, 0.15) is 5.75 Å². The van der Waals surface area contributed by atoms with Crippen LogP contribution in [0.1, 0.15) is 46.8 Å². The molecule has 2 aromatic carbocycles. The molecule has 0 fully saturated rings. The molecule has 0 heterocycles. The quantitative estimate of drug-likeness (QED) is 0.713. The largest absolute Gasteiger partial charge is 0.494 e. The third kappa shape index (κ3) is 6.44. The van der Waals surface area contributed by atoms with Crippen LogP contribution in [0.15, 0.2) is 42.5 Å². The third-order valence-electron chi connectivity index (χ3n) is 4.32. The van der Waals surface area contributed by atoms with Crippen molar-refractivity contribution in [3.63, 3.8) is 0 Å². The summed E-state index contributed by atoms with van der Waals surface area (Å²) < 4.78 is 5.62. The molecule has 0 atom stereocenters. The lowest BCUT2D eigenvalue weighted by Crippen LogP contribution is -2.23. The van der Waals surface area contributed by atoms with Crippen LogP contribution >= 0.6 is 0 Å². The highest BCUT2D eigenvalue weighted by Gasteiger charge is 2.07. The topological polar surface area (TPSA) is 67.4 Å². The highest BCUT2D eigenvalue weighted by molar-refractivity contribution is 5.94. The van der Waals surface area contributed by atoms with Gasteiger partial charge in [-0.1, -0.05) is 25.1 Å². The maximum Gasteiger partial charge on any atom is 0.251 e. The molecule has 0 saturated carbocycles. The summed E-state index contributed by atoms with van der Waals surface area (Å²) in [6.07, 6.45) is 1.95. The van der Waals surface area contributed by atoms with Crippen molar-refractivity contribution in [3.8, 4) is 5.75 Å². The number of amides is 2. The van der Waals surface area contributed by atoms with Crippen LogP contribution in [0, 0.1) is 6.92 Å². The molecule has 27 heavy (non-hydrogen) atoms. The summed E-state index contributed by atoms with van der Waals surface area (Å²) in [5, 5.41) is 5.57. The second-order valence-electron chi connectivity index (χ2n) is 6.49. The van der Waals surface area contributed by atoms with Crippen LogP contribution in [0.5, 0.6) is 5.75 Å². The zero-order chi connectivity index (χ0) is 19.6. The van der Waals surface area contributed by atoms with Gasteiger partial charge < -0.3 is 15.4 Å². The maximum atomic E-state index is 12.2. The molecule has 0 unspecified atom stereocenters. The van der Waals surface area contributed by atoms with Crippen LogP contribution in [-0.4, -0.2) is 25.5 Å². The fraction of sp³-hybridized carbons (Fsp3) is 0.364. The van der Waals surface area contributed by atoms with Crippen LogP contribution in [0.25, 0.3) is 0 Å². The first-order valence-corrected chi connectivity index (χ1v) is 9.33. The summed E-state index contributed by atoms with van der Waals surface area (Å²) in [5.41, 5.74) is 3.76. The Hall–Kier alpha value is -2.82. The molecule has 0 aromatic heterocycles. The third-order valence-corrected chi connectivity index (χ3v) is 4.32. The molecule has 0 aliphatic rings. The van der Waals surface area contributed by atoms with Crippen molar-refractivity contribution in [3.05, 3.63) is 64.7 Å². The Morgan fingerprint density at radius 1 is 1.11 bits per heavy atom. The van der Waals surface area contributed by atoms with E-state index >= 15 is 0 Å². The van der Waals surface area contributed by atoms with Gasteiger partial charge in [0.15, 0.2) is 0 Å². The summed E-state index contributed by atoms with van der Waals surface area (Å²) >= 11 is 0. The van der Waals surface area contributed by atoms with Gasteiger partial charge in [-0.25, -0.2) is 0 Å². The van der Waals surface area contributed by atoms with Crippen LogP contribution in [0.4, 0.5) is 0 Å². The van der Waals surface area contributed by atoms with E-state index in [0.29, 0.717) is 31.6 Å². The second-order valence-corrected chi connectivity index (χ2v) is 6.49. The van der Waals surface area contributed by atoms with Gasteiger partial charge in [-0.3, -0.25) is 9.59 Å². The van der Waals surface area contributed by atoms with Crippen molar-refractivity contribution in [1.29, 1.82) is 0 Å². The van der Waals surface area contributed by atoms with Gasteiger partial charge in [0.05, 0.1) is 6.61 Å². The molecule has 5 heteroatoms. The van der Waals surface area contributed by atoms with Crippen molar-refractivity contribution < 1.29 is 14.3 Å². The predicted octanol–water partition coefficient (Wildman–Crippen LogP) is 3.39. The van der Waals surface area contributed by atoms with Crippen LogP contribution in [0.2, 0.25) is 0 Å². The van der Waals surface area contributed by atoms with Crippen molar-refractivity contribution in [2.45, 2.75) is 39.7 Å². The molecule has 5 nitrogen and oxygen atoms in total. The Bertz CT molecular complexity index is 787. The molecular weight excluding hydrogens is 340 g/mol.